The zero-order valence-electron chi connectivity index (χ0n) is 9.75. The molecule has 2 aromatic rings. The lowest BCUT2D eigenvalue weighted by atomic mass is 10.1. The molecular formula is C13H10BrCl2NO2. The predicted molar refractivity (Wildman–Crippen MR) is 78.9 cm³/mol. The van der Waals surface area contributed by atoms with Gasteiger partial charge in [-0.1, -0.05) is 29.3 Å². The van der Waals surface area contributed by atoms with Crippen molar-refractivity contribution in [1.29, 1.82) is 0 Å². The lowest BCUT2D eigenvalue weighted by molar-refractivity contribution is 0.0952. The maximum atomic E-state index is 11.8. The van der Waals surface area contributed by atoms with Gasteiger partial charge < -0.3 is 9.73 Å². The number of benzene rings is 1. The molecule has 1 aromatic heterocycles. The van der Waals surface area contributed by atoms with Crippen LogP contribution < -0.4 is 5.32 Å². The molecule has 0 aliphatic rings. The second-order valence-electron chi connectivity index (χ2n) is 3.85. The summed E-state index contributed by atoms with van der Waals surface area (Å²) in [5, 5.41) is 4.00. The van der Waals surface area contributed by atoms with Crippen LogP contribution in [0.3, 0.4) is 0 Å². The maximum absolute atomic E-state index is 11.8. The SMILES string of the molecule is O=C(NCCc1ccc(Cl)cc1Cl)c1ccoc1Br. The van der Waals surface area contributed by atoms with Crippen LogP contribution in [0.1, 0.15) is 15.9 Å². The molecule has 6 heteroatoms. The number of hydrogen-bond acceptors (Lipinski definition) is 2. The molecule has 1 amide bonds. The van der Waals surface area contributed by atoms with Gasteiger partial charge in [0.05, 0.1) is 11.8 Å². The summed E-state index contributed by atoms with van der Waals surface area (Å²) in [5.74, 6) is -0.189. The number of carbonyl (C=O) groups excluding carboxylic acids is 1. The molecule has 0 bridgehead atoms. The molecule has 0 fully saturated rings. The monoisotopic (exact) mass is 361 g/mol. The Morgan fingerprint density at radius 1 is 1.32 bits per heavy atom. The van der Waals surface area contributed by atoms with E-state index in [1.165, 1.54) is 6.26 Å². The maximum Gasteiger partial charge on any atom is 0.255 e. The number of furan rings is 1. The predicted octanol–water partition coefficient (Wildman–Crippen LogP) is 4.32. The van der Waals surface area contributed by atoms with Gasteiger partial charge in [0.1, 0.15) is 0 Å². The molecule has 0 saturated heterocycles. The Bertz CT molecular complexity index is 598. The topological polar surface area (TPSA) is 42.2 Å². The van der Waals surface area contributed by atoms with Crippen LogP contribution in [0.2, 0.25) is 10.0 Å². The molecule has 19 heavy (non-hydrogen) atoms. The van der Waals surface area contributed by atoms with Crippen molar-refractivity contribution in [2.45, 2.75) is 6.42 Å². The Morgan fingerprint density at radius 2 is 2.11 bits per heavy atom. The molecule has 0 aliphatic carbocycles. The molecule has 0 atom stereocenters. The zero-order valence-corrected chi connectivity index (χ0v) is 12.8. The van der Waals surface area contributed by atoms with Crippen LogP contribution in [0.5, 0.6) is 0 Å². The second-order valence-corrected chi connectivity index (χ2v) is 5.41. The molecule has 0 spiro atoms. The first kappa shape index (κ1) is 14.4. The molecular weight excluding hydrogens is 353 g/mol. The molecule has 0 unspecified atom stereocenters. The van der Waals surface area contributed by atoms with Gasteiger partial charge in [-0.2, -0.15) is 0 Å². The molecule has 1 aromatic carbocycles. The van der Waals surface area contributed by atoms with Gasteiger partial charge in [-0.05, 0) is 46.1 Å². The van der Waals surface area contributed by atoms with Crippen molar-refractivity contribution in [1.82, 2.24) is 5.32 Å². The third kappa shape index (κ3) is 3.75. The quantitative estimate of drug-likeness (QED) is 0.879. The molecule has 1 heterocycles. The summed E-state index contributed by atoms with van der Waals surface area (Å²) >= 11 is 15.0. The summed E-state index contributed by atoms with van der Waals surface area (Å²) in [4.78, 5) is 11.8. The van der Waals surface area contributed by atoms with Gasteiger partial charge in [-0.25, -0.2) is 0 Å². The Balaban J connectivity index is 1.90. The molecule has 0 radical (unpaired) electrons. The van der Waals surface area contributed by atoms with Gasteiger partial charge >= 0.3 is 0 Å². The number of hydrogen-bond donors (Lipinski definition) is 1. The largest absolute Gasteiger partial charge is 0.457 e. The fourth-order valence-corrected chi connectivity index (χ4v) is 2.51. The van der Waals surface area contributed by atoms with E-state index in [9.17, 15) is 4.79 Å². The molecule has 1 N–H and O–H groups in total. The molecule has 3 nitrogen and oxygen atoms in total. The summed E-state index contributed by atoms with van der Waals surface area (Å²) in [6, 6.07) is 6.92. The normalized spacial score (nSPS) is 10.5. The number of rotatable bonds is 4. The van der Waals surface area contributed by atoms with Crippen LogP contribution in [0.15, 0.2) is 39.6 Å². The Kier molecular flexibility index (Phi) is 4.91. The van der Waals surface area contributed by atoms with Crippen LogP contribution in [0, 0.1) is 0 Å². The fourth-order valence-electron chi connectivity index (χ4n) is 1.59. The molecule has 100 valence electrons. The summed E-state index contributed by atoms with van der Waals surface area (Å²) in [6.07, 6.45) is 2.09. The fraction of sp³-hybridized carbons (Fsp3) is 0.154. The van der Waals surface area contributed by atoms with E-state index in [0.717, 1.165) is 5.56 Å². The molecule has 0 aliphatic heterocycles. The van der Waals surface area contributed by atoms with Crippen LogP contribution in [-0.2, 0) is 6.42 Å². The van der Waals surface area contributed by atoms with E-state index >= 15 is 0 Å². The summed E-state index contributed by atoms with van der Waals surface area (Å²) in [7, 11) is 0. The lowest BCUT2D eigenvalue weighted by Gasteiger charge is -2.06. The van der Waals surface area contributed by atoms with E-state index in [1.54, 1.807) is 18.2 Å². The molecule has 2 rings (SSSR count). The Hall–Kier alpha value is -0.970. The highest BCUT2D eigenvalue weighted by Crippen LogP contribution is 2.21. The van der Waals surface area contributed by atoms with E-state index in [0.29, 0.717) is 33.2 Å². The number of halogens is 3. The van der Waals surface area contributed by atoms with Gasteiger partial charge in [0.25, 0.3) is 5.91 Å². The van der Waals surface area contributed by atoms with Gasteiger partial charge in [0.15, 0.2) is 4.67 Å². The van der Waals surface area contributed by atoms with Crippen LogP contribution in [0.25, 0.3) is 0 Å². The third-order valence-corrected chi connectivity index (χ3v) is 3.76. The first-order valence-electron chi connectivity index (χ1n) is 5.53. The van der Waals surface area contributed by atoms with Crippen molar-refractivity contribution in [2.75, 3.05) is 6.54 Å². The van der Waals surface area contributed by atoms with Crippen molar-refractivity contribution >= 4 is 45.0 Å². The van der Waals surface area contributed by atoms with Crippen molar-refractivity contribution in [3.63, 3.8) is 0 Å². The summed E-state index contributed by atoms with van der Waals surface area (Å²) in [6.45, 7) is 0.484. The van der Waals surface area contributed by atoms with E-state index in [4.69, 9.17) is 27.6 Å². The van der Waals surface area contributed by atoms with E-state index in [2.05, 4.69) is 21.2 Å². The highest BCUT2D eigenvalue weighted by atomic mass is 79.9. The van der Waals surface area contributed by atoms with Gasteiger partial charge in [-0.3, -0.25) is 4.79 Å². The van der Waals surface area contributed by atoms with Crippen molar-refractivity contribution < 1.29 is 9.21 Å². The number of carbonyl (C=O) groups is 1. The van der Waals surface area contributed by atoms with E-state index in [-0.39, 0.29) is 5.91 Å². The first-order valence-corrected chi connectivity index (χ1v) is 7.08. The lowest BCUT2D eigenvalue weighted by Crippen LogP contribution is -2.25. The average molecular weight is 363 g/mol. The van der Waals surface area contributed by atoms with Crippen molar-refractivity contribution in [2.24, 2.45) is 0 Å². The minimum absolute atomic E-state index is 0.189. The van der Waals surface area contributed by atoms with Crippen LogP contribution in [0.4, 0.5) is 0 Å². The van der Waals surface area contributed by atoms with Gasteiger partial charge in [0, 0.05) is 16.6 Å². The van der Waals surface area contributed by atoms with Crippen molar-refractivity contribution in [3.05, 3.63) is 56.4 Å². The molecule has 0 saturated carbocycles. The van der Waals surface area contributed by atoms with Gasteiger partial charge in [0.2, 0.25) is 0 Å². The summed E-state index contributed by atoms with van der Waals surface area (Å²) in [5.41, 5.74) is 1.42. The Labute approximate surface area is 129 Å². The van der Waals surface area contributed by atoms with E-state index < -0.39 is 0 Å². The van der Waals surface area contributed by atoms with Crippen LogP contribution in [-0.4, -0.2) is 12.5 Å². The van der Waals surface area contributed by atoms with Gasteiger partial charge in [-0.15, -0.1) is 0 Å². The number of nitrogens with one attached hydrogen (secondary N) is 1. The Morgan fingerprint density at radius 3 is 2.74 bits per heavy atom. The van der Waals surface area contributed by atoms with Crippen molar-refractivity contribution in [3.8, 4) is 0 Å². The number of amides is 1. The first-order chi connectivity index (χ1) is 9.08. The highest BCUT2D eigenvalue weighted by Gasteiger charge is 2.12. The summed E-state index contributed by atoms with van der Waals surface area (Å²) < 4.78 is 5.43. The minimum atomic E-state index is -0.189. The standard InChI is InChI=1S/C13H10BrCl2NO2/c14-12-10(4-6-19-12)13(18)17-5-3-8-1-2-9(15)7-11(8)16/h1-2,4,6-7H,3,5H2,(H,17,18). The average Bonchev–Trinajstić information content (AvgIpc) is 2.78. The third-order valence-electron chi connectivity index (χ3n) is 2.56. The second kappa shape index (κ2) is 6.46. The zero-order chi connectivity index (χ0) is 13.8. The minimum Gasteiger partial charge on any atom is -0.457 e. The highest BCUT2D eigenvalue weighted by molar-refractivity contribution is 9.10. The van der Waals surface area contributed by atoms with E-state index in [1.807, 2.05) is 6.07 Å². The van der Waals surface area contributed by atoms with Crippen LogP contribution >= 0.6 is 39.1 Å². The smallest absolute Gasteiger partial charge is 0.255 e.